The fraction of sp³-hybridized carbons (Fsp3) is 0.167. The van der Waals surface area contributed by atoms with Crippen molar-refractivity contribution in [2.75, 3.05) is 0 Å². The van der Waals surface area contributed by atoms with Crippen LogP contribution in [0.2, 0.25) is 0 Å². The van der Waals surface area contributed by atoms with E-state index < -0.39 is 0 Å². The third kappa shape index (κ3) is 3.45. The molecule has 0 atom stereocenters. The number of hydrogen-bond donors (Lipinski definition) is 0. The predicted molar refractivity (Wildman–Crippen MR) is 88.7 cm³/mol. The van der Waals surface area contributed by atoms with Crippen LogP contribution in [0.5, 0.6) is 0 Å². The summed E-state index contributed by atoms with van der Waals surface area (Å²) in [6.45, 7) is 2.62. The highest BCUT2D eigenvalue weighted by atomic mass is 79.9. The molecular formula is C12H9Br3N2OS. The molecule has 100 valence electrons. The molecule has 0 saturated heterocycles. The standard InChI is InChI=1S/C12H9Br3N2OS/c1-2-17-11(9(14)6-16-17)10(18)4-3-7-5-8(13)12(15)19-7/h3-6H,2H2,1H3/b4-3+. The van der Waals surface area contributed by atoms with Crippen LogP contribution in [0.25, 0.3) is 6.08 Å². The Balaban J connectivity index is 2.23. The molecule has 0 spiro atoms. The van der Waals surface area contributed by atoms with Gasteiger partial charge < -0.3 is 0 Å². The molecule has 0 radical (unpaired) electrons. The summed E-state index contributed by atoms with van der Waals surface area (Å²) in [6, 6.07) is 1.96. The molecule has 2 rings (SSSR count). The maximum atomic E-state index is 12.2. The van der Waals surface area contributed by atoms with Crippen LogP contribution in [0, 0.1) is 0 Å². The van der Waals surface area contributed by atoms with E-state index in [2.05, 4.69) is 52.9 Å². The van der Waals surface area contributed by atoms with E-state index in [0.29, 0.717) is 12.2 Å². The molecule has 2 aromatic heterocycles. The average Bonchev–Trinajstić information content (AvgIpc) is 2.90. The van der Waals surface area contributed by atoms with E-state index in [-0.39, 0.29) is 5.78 Å². The van der Waals surface area contributed by atoms with Gasteiger partial charge in [0.1, 0.15) is 5.69 Å². The van der Waals surface area contributed by atoms with E-state index in [0.717, 1.165) is 17.6 Å². The summed E-state index contributed by atoms with van der Waals surface area (Å²) in [5.74, 6) is -0.0631. The topological polar surface area (TPSA) is 34.9 Å². The predicted octanol–water partition coefficient (Wildman–Crippen LogP) is 5.15. The van der Waals surface area contributed by atoms with Crippen LogP contribution in [-0.2, 0) is 6.54 Å². The van der Waals surface area contributed by atoms with Gasteiger partial charge >= 0.3 is 0 Å². The Morgan fingerprint density at radius 2 is 2.16 bits per heavy atom. The van der Waals surface area contributed by atoms with Crippen molar-refractivity contribution >= 4 is 71.0 Å². The monoisotopic (exact) mass is 466 g/mol. The van der Waals surface area contributed by atoms with E-state index in [4.69, 9.17) is 0 Å². The number of halogens is 3. The van der Waals surface area contributed by atoms with Crippen LogP contribution in [0.3, 0.4) is 0 Å². The molecule has 0 aliphatic heterocycles. The van der Waals surface area contributed by atoms with Crippen molar-refractivity contribution in [2.24, 2.45) is 0 Å². The SMILES string of the molecule is CCn1ncc(Br)c1C(=O)/C=C/c1cc(Br)c(Br)s1. The van der Waals surface area contributed by atoms with E-state index in [9.17, 15) is 4.79 Å². The summed E-state index contributed by atoms with van der Waals surface area (Å²) >= 11 is 11.8. The number of carbonyl (C=O) groups excluding carboxylic acids is 1. The van der Waals surface area contributed by atoms with Crippen molar-refractivity contribution in [3.63, 3.8) is 0 Å². The minimum absolute atomic E-state index is 0.0631. The third-order valence-electron chi connectivity index (χ3n) is 2.39. The number of thiophene rings is 1. The van der Waals surface area contributed by atoms with Crippen LogP contribution in [-0.4, -0.2) is 15.6 Å². The lowest BCUT2D eigenvalue weighted by atomic mass is 10.2. The molecule has 3 nitrogen and oxygen atoms in total. The largest absolute Gasteiger partial charge is 0.288 e. The first-order chi connectivity index (χ1) is 9.02. The number of ketones is 1. The first kappa shape index (κ1) is 15.2. The van der Waals surface area contributed by atoms with Gasteiger partial charge in [-0.15, -0.1) is 11.3 Å². The zero-order chi connectivity index (χ0) is 14.0. The Morgan fingerprint density at radius 1 is 1.42 bits per heavy atom. The summed E-state index contributed by atoms with van der Waals surface area (Å²) in [5.41, 5.74) is 0.577. The number of nitrogens with zero attached hydrogens (tertiary/aromatic N) is 2. The van der Waals surface area contributed by atoms with Crippen LogP contribution in [0.15, 0.2) is 31.1 Å². The summed E-state index contributed by atoms with van der Waals surface area (Å²) in [6.07, 6.45) is 5.02. The van der Waals surface area contributed by atoms with Gasteiger partial charge in [-0.3, -0.25) is 9.48 Å². The Kier molecular flexibility index (Phi) is 5.16. The highest BCUT2D eigenvalue weighted by Gasteiger charge is 2.13. The van der Waals surface area contributed by atoms with Crippen molar-refractivity contribution < 1.29 is 4.79 Å². The number of carbonyl (C=O) groups is 1. The fourth-order valence-electron chi connectivity index (χ4n) is 1.53. The highest BCUT2D eigenvalue weighted by molar-refractivity contribution is 9.13. The quantitative estimate of drug-likeness (QED) is 0.459. The molecule has 7 heteroatoms. The van der Waals surface area contributed by atoms with Crippen LogP contribution in [0.4, 0.5) is 0 Å². The number of aryl methyl sites for hydroxylation is 1. The highest BCUT2D eigenvalue weighted by Crippen LogP contribution is 2.33. The van der Waals surface area contributed by atoms with E-state index >= 15 is 0 Å². The molecule has 0 aromatic carbocycles. The van der Waals surface area contributed by atoms with Gasteiger partial charge in [0.15, 0.2) is 0 Å². The fourth-order valence-corrected chi connectivity index (χ4v) is 4.01. The Labute approximate surface area is 140 Å². The van der Waals surface area contributed by atoms with E-state index in [1.807, 2.05) is 19.1 Å². The van der Waals surface area contributed by atoms with Gasteiger partial charge in [0.05, 0.1) is 14.5 Å². The third-order valence-corrected chi connectivity index (χ3v) is 6.19. The van der Waals surface area contributed by atoms with Crippen molar-refractivity contribution in [3.05, 3.63) is 41.6 Å². The second kappa shape index (κ2) is 6.47. The molecule has 0 unspecified atom stereocenters. The number of hydrogen-bond acceptors (Lipinski definition) is 3. The maximum Gasteiger partial charge on any atom is 0.205 e. The first-order valence-corrected chi connectivity index (χ1v) is 8.61. The van der Waals surface area contributed by atoms with E-state index in [1.165, 1.54) is 0 Å². The first-order valence-electron chi connectivity index (χ1n) is 5.41. The second-order valence-corrected chi connectivity index (χ2v) is 7.74. The van der Waals surface area contributed by atoms with Crippen molar-refractivity contribution in [1.29, 1.82) is 0 Å². The smallest absolute Gasteiger partial charge is 0.205 e. The molecule has 0 amide bonds. The molecule has 0 bridgehead atoms. The minimum Gasteiger partial charge on any atom is -0.288 e. The van der Waals surface area contributed by atoms with Gasteiger partial charge in [0, 0.05) is 15.9 Å². The molecule has 0 aliphatic rings. The molecule has 0 N–H and O–H groups in total. The van der Waals surface area contributed by atoms with Gasteiger partial charge in [-0.05, 0) is 72.9 Å². The Bertz CT molecular complexity index is 626. The van der Waals surface area contributed by atoms with Crippen LogP contribution in [0.1, 0.15) is 22.3 Å². The molecule has 0 fully saturated rings. The van der Waals surface area contributed by atoms with Gasteiger partial charge in [-0.1, -0.05) is 0 Å². The molecule has 0 aliphatic carbocycles. The van der Waals surface area contributed by atoms with Crippen molar-refractivity contribution in [1.82, 2.24) is 9.78 Å². The molecule has 0 saturated carbocycles. The maximum absolute atomic E-state index is 12.2. The normalized spacial score (nSPS) is 11.4. The zero-order valence-corrected chi connectivity index (χ0v) is 15.4. The van der Waals surface area contributed by atoms with Crippen LogP contribution >= 0.6 is 59.1 Å². The lowest BCUT2D eigenvalue weighted by Gasteiger charge is -2.00. The second-order valence-electron chi connectivity index (χ2n) is 3.62. The van der Waals surface area contributed by atoms with Crippen molar-refractivity contribution in [3.8, 4) is 0 Å². The number of aromatic nitrogens is 2. The average molecular weight is 469 g/mol. The Hall–Kier alpha value is -0.240. The summed E-state index contributed by atoms with van der Waals surface area (Å²) in [4.78, 5) is 13.2. The molecule has 19 heavy (non-hydrogen) atoms. The summed E-state index contributed by atoms with van der Waals surface area (Å²) < 4.78 is 4.40. The van der Waals surface area contributed by atoms with E-state index in [1.54, 1.807) is 28.3 Å². The molecular weight excluding hydrogens is 460 g/mol. The van der Waals surface area contributed by atoms with Crippen LogP contribution < -0.4 is 0 Å². The summed E-state index contributed by atoms with van der Waals surface area (Å²) in [5, 5.41) is 4.13. The molecule has 2 heterocycles. The Morgan fingerprint density at radius 3 is 2.74 bits per heavy atom. The molecule has 2 aromatic rings. The van der Waals surface area contributed by atoms with Gasteiger partial charge in [-0.25, -0.2) is 0 Å². The summed E-state index contributed by atoms with van der Waals surface area (Å²) in [7, 11) is 0. The lowest BCUT2D eigenvalue weighted by Crippen LogP contribution is -2.07. The lowest BCUT2D eigenvalue weighted by molar-refractivity contribution is 0.103. The number of rotatable bonds is 4. The van der Waals surface area contributed by atoms with Crippen molar-refractivity contribution in [2.45, 2.75) is 13.5 Å². The minimum atomic E-state index is -0.0631. The zero-order valence-electron chi connectivity index (χ0n) is 9.86. The van der Waals surface area contributed by atoms with Gasteiger partial charge in [-0.2, -0.15) is 5.10 Å². The van der Waals surface area contributed by atoms with Gasteiger partial charge in [0.2, 0.25) is 5.78 Å². The number of allylic oxidation sites excluding steroid dienone is 1. The van der Waals surface area contributed by atoms with Gasteiger partial charge in [0.25, 0.3) is 0 Å².